The van der Waals surface area contributed by atoms with Gasteiger partial charge in [-0.2, -0.15) is 13.2 Å². The zero-order valence-electron chi connectivity index (χ0n) is 13.3. The molecule has 0 aliphatic carbocycles. The Morgan fingerprint density at radius 1 is 1.26 bits per heavy atom. The zero-order chi connectivity index (χ0) is 17.6. The molecule has 0 fully saturated rings. The van der Waals surface area contributed by atoms with E-state index in [1.165, 1.54) is 13.0 Å². The third kappa shape index (κ3) is 6.45. The van der Waals surface area contributed by atoms with Gasteiger partial charge >= 0.3 is 12.2 Å². The fourth-order valence-electron chi connectivity index (χ4n) is 2.01. The third-order valence-electron chi connectivity index (χ3n) is 3.24. The monoisotopic (exact) mass is 333 g/mol. The Morgan fingerprint density at radius 2 is 1.87 bits per heavy atom. The van der Waals surface area contributed by atoms with E-state index in [1.54, 1.807) is 25.1 Å². The molecule has 3 N–H and O–H groups in total. The fraction of sp³-hybridized carbons (Fsp3) is 0.533. The molecule has 1 aromatic rings. The van der Waals surface area contributed by atoms with E-state index in [9.17, 15) is 18.0 Å². The number of urea groups is 1. The van der Waals surface area contributed by atoms with E-state index in [1.807, 2.05) is 0 Å². The molecule has 1 rings (SSSR count). The van der Waals surface area contributed by atoms with E-state index in [2.05, 4.69) is 10.6 Å². The molecule has 0 aromatic heterocycles. The highest BCUT2D eigenvalue weighted by Gasteiger charge is 2.31. The Balaban J connectivity index is 2.78. The van der Waals surface area contributed by atoms with Gasteiger partial charge in [-0.1, -0.05) is 12.1 Å². The summed E-state index contributed by atoms with van der Waals surface area (Å²) in [4.78, 5) is 13.3. The van der Waals surface area contributed by atoms with E-state index in [0.29, 0.717) is 5.56 Å². The molecule has 2 amide bonds. The van der Waals surface area contributed by atoms with Crippen molar-refractivity contribution in [1.82, 2.24) is 15.5 Å². The molecule has 0 spiro atoms. The van der Waals surface area contributed by atoms with Gasteiger partial charge in [0.2, 0.25) is 0 Å². The number of nitrogens with one attached hydrogen (secondary N) is 2. The first kappa shape index (κ1) is 19.2. The molecule has 8 heteroatoms. The van der Waals surface area contributed by atoms with Crippen LogP contribution in [-0.4, -0.2) is 49.3 Å². The van der Waals surface area contributed by atoms with Crippen LogP contribution in [0.5, 0.6) is 0 Å². The molecular formula is C15H22F3N3O2. The van der Waals surface area contributed by atoms with Crippen molar-refractivity contribution in [2.75, 3.05) is 27.2 Å². The molecule has 130 valence electrons. The Hall–Kier alpha value is -1.80. The highest BCUT2D eigenvalue weighted by Crippen LogP contribution is 2.31. The Bertz CT molecular complexity index is 519. The minimum Gasteiger partial charge on any atom is -0.392 e. The lowest BCUT2D eigenvalue weighted by atomic mass is 10.0. The predicted molar refractivity (Wildman–Crippen MR) is 81.0 cm³/mol. The summed E-state index contributed by atoms with van der Waals surface area (Å²) in [6.45, 7) is 1.77. The van der Waals surface area contributed by atoms with Gasteiger partial charge in [0.05, 0.1) is 17.7 Å². The van der Waals surface area contributed by atoms with Gasteiger partial charge in [-0.05, 0) is 38.7 Å². The number of benzene rings is 1. The number of alkyl halides is 3. The fourth-order valence-corrected chi connectivity index (χ4v) is 2.01. The van der Waals surface area contributed by atoms with Gasteiger partial charge in [0.25, 0.3) is 0 Å². The molecule has 1 aromatic carbocycles. The van der Waals surface area contributed by atoms with Gasteiger partial charge in [-0.3, -0.25) is 0 Å². The minimum absolute atomic E-state index is 0.0992. The van der Waals surface area contributed by atoms with E-state index in [0.717, 1.165) is 12.1 Å². The van der Waals surface area contributed by atoms with E-state index >= 15 is 0 Å². The van der Waals surface area contributed by atoms with E-state index in [4.69, 9.17) is 5.11 Å². The van der Waals surface area contributed by atoms with Crippen molar-refractivity contribution in [3.8, 4) is 0 Å². The van der Waals surface area contributed by atoms with E-state index < -0.39 is 29.9 Å². The highest BCUT2D eigenvalue weighted by atomic mass is 19.4. The average Bonchev–Trinajstić information content (AvgIpc) is 2.44. The molecule has 5 nitrogen and oxygen atoms in total. The summed E-state index contributed by atoms with van der Waals surface area (Å²) in [5, 5.41) is 14.2. The van der Waals surface area contributed by atoms with Crippen molar-refractivity contribution >= 4 is 6.03 Å². The molecular weight excluding hydrogens is 311 g/mol. The van der Waals surface area contributed by atoms with Gasteiger partial charge < -0.3 is 20.6 Å². The van der Waals surface area contributed by atoms with Gasteiger partial charge in [-0.25, -0.2) is 4.79 Å². The summed E-state index contributed by atoms with van der Waals surface area (Å²) in [6.07, 6.45) is -5.08. The second kappa shape index (κ2) is 8.16. The van der Waals surface area contributed by atoms with Crippen LogP contribution in [0.4, 0.5) is 18.0 Å². The first-order chi connectivity index (χ1) is 10.6. The summed E-state index contributed by atoms with van der Waals surface area (Å²) in [6, 6.07) is 4.15. The largest absolute Gasteiger partial charge is 0.416 e. The number of hydrogen-bond donors (Lipinski definition) is 3. The Morgan fingerprint density at radius 3 is 2.39 bits per heavy atom. The second-order valence-electron chi connectivity index (χ2n) is 5.54. The number of amides is 2. The molecule has 0 unspecified atom stereocenters. The first-order valence-corrected chi connectivity index (χ1v) is 7.14. The number of halogens is 3. The maximum atomic E-state index is 12.8. The molecule has 2 atom stereocenters. The summed E-state index contributed by atoms with van der Waals surface area (Å²) in [5.41, 5.74) is -0.263. The predicted octanol–water partition coefficient (Wildman–Crippen LogP) is 1.99. The van der Waals surface area contributed by atoms with Crippen LogP contribution in [0.15, 0.2) is 24.3 Å². The van der Waals surface area contributed by atoms with Crippen LogP contribution in [0.25, 0.3) is 0 Å². The minimum atomic E-state index is -4.41. The number of aliphatic hydroxyl groups excluding tert-OH is 1. The van der Waals surface area contributed by atoms with Crippen LogP contribution in [0.3, 0.4) is 0 Å². The number of nitrogens with zero attached hydrogens (tertiary/aromatic N) is 1. The van der Waals surface area contributed by atoms with Crippen molar-refractivity contribution in [2.45, 2.75) is 25.2 Å². The topological polar surface area (TPSA) is 64.6 Å². The third-order valence-corrected chi connectivity index (χ3v) is 3.24. The Labute approximate surface area is 133 Å². The van der Waals surface area contributed by atoms with Crippen LogP contribution < -0.4 is 10.6 Å². The molecule has 0 bridgehead atoms. The molecule has 0 aliphatic rings. The number of rotatable bonds is 6. The smallest absolute Gasteiger partial charge is 0.392 e. The van der Waals surface area contributed by atoms with Crippen LogP contribution in [0.1, 0.15) is 24.1 Å². The summed E-state index contributed by atoms with van der Waals surface area (Å²) < 4.78 is 38.4. The number of likely N-dealkylation sites (N-methyl/N-ethyl adjacent to an activating group) is 1. The maximum Gasteiger partial charge on any atom is 0.416 e. The first-order valence-electron chi connectivity index (χ1n) is 7.14. The normalized spacial score (nSPS) is 14.4. The van der Waals surface area contributed by atoms with Crippen LogP contribution in [-0.2, 0) is 6.18 Å². The Kier molecular flexibility index (Phi) is 6.83. The van der Waals surface area contributed by atoms with Crippen LogP contribution in [0.2, 0.25) is 0 Å². The zero-order valence-corrected chi connectivity index (χ0v) is 13.3. The molecule has 0 saturated heterocycles. The highest BCUT2D eigenvalue weighted by molar-refractivity contribution is 5.73. The van der Waals surface area contributed by atoms with Crippen molar-refractivity contribution in [1.29, 1.82) is 0 Å². The molecule has 0 saturated carbocycles. The van der Waals surface area contributed by atoms with E-state index in [-0.39, 0.29) is 13.1 Å². The molecule has 0 aliphatic heterocycles. The van der Waals surface area contributed by atoms with Gasteiger partial charge in [0.1, 0.15) is 0 Å². The molecule has 23 heavy (non-hydrogen) atoms. The van der Waals surface area contributed by atoms with Gasteiger partial charge in [0.15, 0.2) is 0 Å². The lowest BCUT2D eigenvalue weighted by Gasteiger charge is -2.26. The van der Waals surface area contributed by atoms with Crippen molar-refractivity contribution in [3.63, 3.8) is 0 Å². The van der Waals surface area contributed by atoms with Crippen molar-refractivity contribution in [2.24, 2.45) is 0 Å². The summed E-state index contributed by atoms with van der Waals surface area (Å²) >= 11 is 0. The molecule has 0 heterocycles. The number of aliphatic hydroxyl groups is 1. The second-order valence-corrected chi connectivity index (χ2v) is 5.54. The van der Waals surface area contributed by atoms with Crippen molar-refractivity contribution < 1.29 is 23.1 Å². The number of carbonyl (C=O) groups is 1. The summed E-state index contributed by atoms with van der Waals surface area (Å²) in [7, 11) is 3.45. The standard InChI is InChI=1S/C15H22F3N3O2/c1-10(22)8-19-14(23)20-9-13(21(2)3)11-5-4-6-12(7-11)15(16,17)18/h4-7,10,13,22H,8-9H2,1-3H3,(H2,19,20,23)/t10-,13+/m1/s1. The van der Waals surface area contributed by atoms with Crippen LogP contribution in [0, 0.1) is 0 Å². The van der Waals surface area contributed by atoms with Crippen LogP contribution >= 0.6 is 0 Å². The lowest BCUT2D eigenvalue weighted by Crippen LogP contribution is -2.42. The van der Waals surface area contributed by atoms with Gasteiger partial charge in [-0.15, -0.1) is 0 Å². The van der Waals surface area contributed by atoms with Crippen molar-refractivity contribution in [3.05, 3.63) is 35.4 Å². The summed E-state index contributed by atoms with van der Waals surface area (Å²) in [5.74, 6) is 0. The SMILES string of the molecule is C[C@@H](O)CNC(=O)NC[C@@H](c1cccc(C(F)(F)F)c1)N(C)C. The number of hydrogen-bond acceptors (Lipinski definition) is 3. The maximum absolute atomic E-state index is 12.8. The average molecular weight is 333 g/mol. The lowest BCUT2D eigenvalue weighted by molar-refractivity contribution is -0.137. The van der Waals surface area contributed by atoms with Gasteiger partial charge in [0, 0.05) is 13.1 Å². The quantitative estimate of drug-likeness (QED) is 0.746. The number of carbonyl (C=O) groups excluding carboxylic acids is 1. The molecule has 0 radical (unpaired) electrons.